The molecule has 0 fully saturated rings. The Hall–Kier alpha value is -1.44. The highest BCUT2D eigenvalue weighted by molar-refractivity contribution is 7.98. The Morgan fingerprint density at radius 3 is 2.60 bits per heavy atom. The minimum atomic E-state index is 0.850. The number of fused-ring (bicyclic) bond motifs is 5. The van der Waals surface area contributed by atoms with Gasteiger partial charge in [-0.2, -0.15) is 0 Å². The summed E-state index contributed by atoms with van der Waals surface area (Å²) in [7, 11) is 0. The van der Waals surface area contributed by atoms with Gasteiger partial charge in [0, 0.05) is 24.0 Å². The maximum Gasteiger partial charge on any atom is 0.189 e. The van der Waals surface area contributed by atoms with E-state index in [1.165, 1.54) is 59.4 Å². The molecule has 2 N–H and O–H groups in total. The largest absolute Gasteiger partial charge is 0.369 e. The van der Waals surface area contributed by atoms with Gasteiger partial charge in [0.15, 0.2) is 5.16 Å². The Labute approximate surface area is 188 Å². The lowest BCUT2D eigenvalue weighted by Gasteiger charge is -2.15. The van der Waals surface area contributed by atoms with Gasteiger partial charge in [-0.1, -0.05) is 25.1 Å². The SMILES string of the molecule is CCCc1nc2sc3c(NCCC[NH+](CC)CC)nc(SC)nc3c2c2c1CCC2. The Kier molecular flexibility index (Phi) is 7.11. The van der Waals surface area contributed by atoms with E-state index in [1.807, 2.05) is 0 Å². The smallest absolute Gasteiger partial charge is 0.189 e. The highest BCUT2D eigenvalue weighted by Gasteiger charge is 2.24. The highest BCUT2D eigenvalue weighted by atomic mass is 32.2. The van der Waals surface area contributed by atoms with Crippen LogP contribution in [0, 0.1) is 0 Å². The highest BCUT2D eigenvalue weighted by Crippen LogP contribution is 2.42. The molecule has 0 radical (unpaired) electrons. The first-order valence-electron chi connectivity index (χ1n) is 11.5. The fraction of sp³-hybridized carbons (Fsp3) is 0.609. The van der Waals surface area contributed by atoms with Gasteiger partial charge in [-0.15, -0.1) is 11.3 Å². The van der Waals surface area contributed by atoms with Crippen molar-refractivity contribution in [1.29, 1.82) is 0 Å². The summed E-state index contributed by atoms with van der Waals surface area (Å²) in [5, 5.41) is 5.79. The van der Waals surface area contributed by atoms with Gasteiger partial charge in [0.2, 0.25) is 0 Å². The third-order valence-corrected chi connectivity index (χ3v) is 7.90. The van der Waals surface area contributed by atoms with Crippen LogP contribution in [0.15, 0.2) is 5.16 Å². The van der Waals surface area contributed by atoms with Crippen molar-refractivity contribution in [2.75, 3.05) is 37.8 Å². The third kappa shape index (κ3) is 4.16. The molecule has 5 nitrogen and oxygen atoms in total. The molecule has 3 aromatic rings. The summed E-state index contributed by atoms with van der Waals surface area (Å²) >= 11 is 3.40. The van der Waals surface area contributed by atoms with Crippen LogP contribution < -0.4 is 10.2 Å². The molecule has 0 saturated carbocycles. The lowest BCUT2D eigenvalue weighted by Crippen LogP contribution is -3.11. The van der Waals surface area contributed by atoms with Crippen LogP contribution in [-0.4, -0.2) is 47.4 Å². The average molecular weight is 445 g/mol. The number of thioether (sulfide) groups is 1. The number of quaternary nitrogens is 1. The van der Waals surface area contributed by atoms with Crippen LogP contribution in [0.2, 0.25) is 0 Å². The first-order valence-corrected chi connectivity index (χ1v) is 13.5. The number of aryl methyl sites for hydroxylation is 2. The van der Waals surface area contributed by atoms with E-state index in [-0.39, 0.29) is 0 Å². The standard InChI is InChI=1S/C23H33N5S2/c1-5-10-17-15-11-8-12-16(15)18-19-20(30-22(18)25-17)21(27-23(26-19)29-4)24-13-9-14-28(6-2)7-3/h5-14H2,1-4H3,(H,24,26,27)/p+1. The van der Waals surface area contributed by atoms with Crippen molar-refractivity contribution >= 4 is 49.3 Å². The average Bonchev–Trinajstić information content (AvgIpc) is 3.38. The number of nitrogens with zero attached hydrogens (tertiary/aromatic N) is 3. The van der Waals surface area contributed by atoms with Gasteiger partial charge < -0.3 is 10.2 Å². The molecule has 0 saturated heterocycles. The minimum absolute atomic E-state index is 0.850. The topological polar surface area (TPSA) is 55.1 Å². The van der Waals surface area contributed by atoms with Crippen LogP contribution in [-0.2, 0) is 19.3 Å². The maximum atomic E-state index is 5.13. The zero-order chi connectivity index (χ0) is 21.1. The summed E-state index contributed by atoms with van der Waals surface area (Å²) in [6.45, 7) is 11.3. The predicted molar refractivity (Wildman–Crippen MR) is 131 cm³/mol. The van der Waals surface area contributed by atoms with Gasteiger partial charge in [0.05, 0.1) is 29.9 Å². The van der Waals surface area contributed by atoms with E-state index < -0.39 is 0 Å². The first kappa shape index (κ1) is 21.8. The monoisotopic (exact) mass is 444 g/mol. The summed E-state index contributed by atoms with van der Waals surface area (Å²) in [5.74, 6) is 0.991. The zero-order valence-corrected chi connectivity index (χ0v) is 20.4. The number of aromatic nitrogens is 3. The third-order valence-electron chi connectivity index (χ3n) is 6.27. The van der Waals surface area contributed by atoms with E-state index in [4.69, 9.17) is 15.0 Å². The van der Waals surface area contributed by atoms with Gasteiger partial charge in [-0.25, -0.2) is 15.0 Å². The van der Waals surface area contributed by atoms with Crippen molar-refractivity contribution in [3.8, 4) is 0 Å². The van der Waals surface area contributed by atoms with Crippen LogP contribution >= 0.6 is 23.1 Å². The number of pyridine rings is 1. The quantitative estimate of drug-likeness (QED) is 0.280. The van der Waals surface area contributed by atoms with Gasteiger partial charge in [-0.3, -0.25) is 0 Å². The lowest BCUT2D eigenvalue weighted by molar-refractivity contribution is -0.896. The van der Waals surface area contributed by atoms with Crippen LogP contribution in [0.25, 0.3) is 20.4 Å². The summed E-state index contributed by atoms with van der Waals surface area (Å²) in [5.41, 5.74) is 5.44. The van der Waals surface area contributed by atoms with Crippen molar-refractivity contribution in [1.82, 2.24) is 15.0 Å². The molecule has 7 heteroatoms. The van der Waals surface area contributed by atoms with E-state index in [1.54, 1.807) is 28.0 Å². The van der Waals surface area contributed by atoms with Crippen LogP contribution in [0.3, 0.4) is 0 Å². The van der Waals surface area contributed by atoms with Crippen molar-refractivity contribution in [3.63, 3.8) is 0 Å². The normalized spacial score (nSPS) is 13.6. The molecular formula is C23H34N5S2+. The molecule has 0 bridgehead atoms. The van der Waals surface area contributed by atoms with Gasteiger partial charge >= 0.3 is 0 Å². The Morgan fingerprint density at radius 1 is 1.07 bits per heavy atom. The van der Waals surface area contributed by atoms with E-state index in [9.17, 15) is 0 Å². The summed E-state index contributed by atoms with van der Waals surface area (Å²) in [6.07, 6.45) is 9.00. The summed E-state index contributed by atoms with van der Waals surface area (Å²) in [6, 6.07) is 0. The molecule has 0 amide bonds. The number of thiophene rings is 1. The number of hydrogen-bond acceptors (Lipinski definition) is 6. The van der Waals surface area contributed by atoms with Crippen LogP contribution in [0.5, 0.6) is 0 Å². The molecule has 4 rings (SSSR count). The molecule has 0 unspecified atom stereocenters. The molecule has 30 heavy (non-hydrogen) atoms. The Bertz CT molecular complexity index is 1030. The van der Waals surface area contributed by atoms with Crippen molar-refractivity contribution < 1.29 is 4.90 Å². The van der Waals surface area contributed by atoms with E-state index in [2.05, 4.69) is 32.3 Å². The number of rotatable bonds is 10. The van der Waals surface area contributed by atoms with Crippen molar-refractivity contribution in [2.24, 2.45) is 0 Å². The van der Waals surface area contributed by atoms with Crippen LogP contribution in [0.1, 0.15) is 56.9 Å². The second-order valence-corrected chi connectivity index (χ2v) is 9.90. The van der Waals surface area contributed by atoms with E-state index in [0.29, 0.717) is 0 Å². The van der Waals surface area contributed by atoms with E-state index >= 15 is 0 Å². The second kappa shape index (κ2) is 9.79. The first-order chi connectivity index (χ1) is 14.7. The van der Waals surface area contributed by atoms with Gasteiger partial charge in [-0.05, 0) is 56.9 Å². The van der Waals surface area contributed by atoms with E-state index in [0.717, 1.165) is 53.5 Å². The molecule has 3 aromatic heterocycles. The number of anilines is 1. The van der Waals surface area contributed by atoms with Crippen LogP contribution in [0.4, 0.5) is 5.82 Å². The molecule has 0 atom stereocenters. The maximum absolute atomic E-state index is 5.13. The molecule has 1 aliphatic carbocycles. The van der Waals surface area contributed by atoms with Gasteiger partial charge in [0.1, 0.15) is 10.6 Å². The molecule has 0 aromatic carbocycles. The molecule has 0 spiro atoms. The number of nitrogens with one attached hydrogen (secondary N) is 2. The zero-order valence-electron chi connectivity index (χ0n) is 18.7. The fourth-order valence-corrected chi connectivity index (χ4v) is 6.12. The lowest BCUT2D eigenvalue weighted by atomic mass is 10.0. The minimum Gasteiger partial charge on any atom is -0.369 e. The summed E-state index contributed by atoms with van der Waals surface area (Å²) < 4.78 is 1.17. The second-order valence-electron chi connectivity index (χ2n) is 8.13. The molecule has 3 heterocycles. The summed E-state index contributed by atoms with van der Waals surface area (Å²) in [4.78, 5) is 17.7. The Balaban J connectivity index is 1.72. The number of hydrogen-bond donors (Lipinski definition) is 2. The predicted octanol–water partition coefficient (Wildman–Crippen LogP) is 4.13. The fourth-order valence-electron chi connectivity index (χ4n) is 4.63. The molecule has 1 aliphatic rings. The molecule has 162 valence electrons. The van der Waals surface area contributed by atoms with Crippen molar-refractivity contribution in [3.05, 3.63) is 16.8 Å². The molecule has 0 aliphatic heterocycles. The Morgan fingerprint density at radius 2 is 1.87 bits per heavy atom. The van der Waals surface area contributed by atoms with Crippen molar-refractivity contribution in [2.45, 2.75) is 64.5 Å². The molecular weight excluding hydrogens is 410 g/mol. The van der Waals surface area contributed by atoms with Gasteiger partial charge in [0.25, 0.3) is 0 Å².